The van der Waals surface area contributed by atoms with Crippen molar-refractivity contribution in [3.63, 3.8) is 0 Å². The third-order valence-corrected chi connectivity index (χ3v) is 5.84. The van der Waals surface area contributed by atoms with Gasteiger partial charge in [-0.05, 0) is 30.2 Å². The van der Waals surface area contributed by atoms with Gasteiger partial charge >= 0.3 is 0 Å². The first-order valence-electron chi connectivity index (χ1n) is 8.60. The van der Waals surface area contributed by atoms with Crippen LogP contribution < -0.4 is 0 Å². The quantitative estimate of drug-likeness (QED) is 0.636. The Hall–Kier alpha value is -1.84. The predicted molar refractivity (Wildman–Crippen MR) is 93.8 cm³/mol. The van der Waals surface area contributed by atoms with Crippen LogP contribution in [0, 0.1) is 11.3 Å². The molecule has 1 aliphatic carbocycles. The number of phenolic OH excluding ortho intramolecular Hbond substituents is 2. The van der Waals surface area contributed by atoms with Crippen LogP contribution in [0.2, 0.25) is 0 Å². The Morgan fingerprint density at radius 3 is 2.25 bits per heavy atom. The van der Waals surface area contributed by atoms with Gasteiger partial charge in [0.15, 0.2) is 17.8 Å². The van der Waals surface area contributed by atoms with Gasteiger partial charge in [-0.25, -0.2) is 0 Å². The molecule has 0 radical (unpaired) electrons. The van der Waals surface area contributed by atoms with Crippen molar-refractivity contribution in [1.82, 2.24) is 0 Å². The summed E-state index contributed by atoms with van der Waals surface area (Å²) in [5, 5.41) is 21.2. The van der Waals surface area contributed by atoms with Gasteiger partial charge in [-0.1, -0.05) is 41.0 Å². The monoisotopic (exact) mass is 332 g/mol. The van der Waals surface area contributed by atoms with E-state index in [1.165, 1.54) is 0 Å². The van der Waals surface area contributed by atoms with Crippen LogP contribution in [0.25, 0.3) is 0 Å². The zero-order valence-corrected chi connectivity index (χ0v) is 15.2. The lowest BCUT2D eigenvalue weighted by Crippen LogP contribution is -2.46. The number of carbonyl (C=O) groups excluding carboxylic acids is 2. The molecule has 1 aliphatic rings. The molecule has 132 valence electrons. The highest BCUT2D eigenvalue weighted by Crippen LogP contribution is 2.55. The largest absolute Gasteiger partial charge is 0.504 e. The molecule has 0 saturated heterocycles. The number of rotatable bonds is 4. The molecule has 1 aromatic rings. The third kappa shape index (κ3) is 2.72. The maximum absolute atomic E-state index is 11.9. The molecule has 2 unspecified atom stereocenters. The summed E-state index contributed by atoms with van der Waals surface area (Å²) in [4.78, 5) is 23.6. The van der Waals surface area contributed by atoms with Crippen LogP contribution >= 0.6 is 0 Å². The average molecular weight is 332 g/mol. The fourth-order valence-corrected chi connectivity index (χ4v) is 4.53. The molecule has 0 bridgehead atoms. The van der Waals surface area contributed by atoms with Gasteiger partial charge in [0.05, 0.1) is 0 Å². The SMILES string of the molecule is CC(C)c1cc(C=O)c(C2(C)CCCC(C)(C)C2C=O)c(O)c1O. The van der Waals surface area contributed by atoms with Crippen molar-refractivity contribution in [2.24, 2.45) is 11.3 Å². The zero-order chi connectivity index (χ0) is 18.3. The lowest BCUT2D eigenvalue weighted by molar-refractivity contribution is -0.119. The lowest BCUT2D eigenvalue weighted by atomic mass is 9.54. The van der Waals surface area contributed by atoms with E-state index >= 15 is 0 Å². The van der Waals surface area contributed by atoms with Crippen LogP contribution in [0.5, 0.6) is 11.5 Å². The first kappa shape index (κ1) is 18.5. The average Bonchev–Trinajstić information content (AvgIpc) is 2.48. The summed E-state index contributed by atoms with van der Waals surface area (Å²) >= 11 is 0. The summed E-state index contributed by atoms with van der Waals surface area (Å²) in [5.74, 6) is -0.802. The molecule has 0 aliphatic heterocycles. The van der Waals surface area contributed by atoms with Gasteiger partial charge in [0, 0.05) is 28.0 Å². The Balaban J connectivity index is 2.77. The van der Waals surface area contributed by atoms with Crippen molar-refractivity contribution in [3.8, 4) is 11.5 Å². The van der Waals surface area contributed by atoms with Crippen LogP contribution in [0.15, 0.2) is 6.07 Å². The van der Waals surface area contributed by atoms with E-state index in [-0.39, 0.29) is 28.7 Å². The second kappa shape index (κ2) is 6.23. The van der Waals surface area contributed by atoms with E-state index in [1.54, 1.807) is 6.07 Å². The highest BCUT2D eigenvalue weighted by Gasteiger charge is 2.49. The first-order chi connectivity index (χ1) is 11.1. The van der Waals surface area contributed by atoms with Crippen molar-refractivity contribution in [2.75, 3.05) is 0 Å². The summed E-state index contributed by atoms with van der Waals surface area (Å²) in [7, 11) is 0. The van der Waals surface area contributed by atoms with Crippen molar-refractivity contribution in [1.29, 1.82) is 0 Å². The summed E-state index contributed by atoms with van der Waals surface area (Å²) < 4.78 is 0. The van der Waals surface area contributed by atoms with Gasteiger partial charge in [-0.15, -0.1) is 0 Å². The summed E-state index contributed by atoms with van der Waals surface area (Å²) in [6.45, 7) is 9.79. The fourth-order valence-electron chi connectivity index (χ4n) is 4.53. The number of benzene rings is 1. The van der Waals surface area contributed by atoms with Gasteiger partial charge in [0.25, 0.3) is 0 Å². The van der Waals surface area contributed by atoms with Gasteiger partial charge in [0.2, 0.25) is 0 Å². The second-order valence-corrected chi connectivity index (χ2v) is 8.27. The van der Waals surface area contributed by atoms with Crippen LogP contribution in [0.1, 0.15) is 81.3 Å². The maximum atomic E-state index is 11.9. The third-order valence-electron chi connectivity index (χ3n) is 5.84. The molecular formula is C20H28O4. The topological polar surface area (TPSA) is 74.6 Å². The number of aromatic hydroxyl groups is 2. The molecule has 0 amide bonds. The molecule has 4 nitrogen and oxygen atoms in total. The van der Waals surface area contributed by atoms with E-state index in [1.807, 2.05) is 34.6 Å². The number of phenols is 2. The summed E-state index contributed by atoms with van der Waals surface area (Å²) in [5.41, 5.74) is 0.398. The summed E-state index contributed by atoms with van der Waals surface area (Å²) in [6, 6.07) is 1.65. The number of hydrogen-bond acceptors (Lipinski definition) is 4. The van der Waals surface area contributed by atoms with Crippen molar-refractivity contribution < 1.29 is 19.8 Å². The van der Waals surface area contributed by atoms with Gasteiger partial charge < -0.3 is 15.0 Å². The minimum atomic E-state index is -0.684. The Morgan fingerprint density at radius 1 is 1.12 bits per heavy atom. The Kier molecular flexibility index (Phi) is 4.80. The molecule has 2 N–H and O–H groups in total. The van der Waals surface area contributed by atoms with Gasteiger partial charge in [-0.3, -0.25) is 4.79 Å². The highest BCUT2D eigenvalue weighted by atomic mass is 16.3. The molecule has 2 atom stereocenters. The van der Waals surface area contributed by atoms with Crippen LogP contribution in [-0.2, 0) is 10.2 Å². The molecule has 4 heteroatoms. The van der Waals surface area contributed by atoms with E-state index in [2.05, 4.69) is 0 Å². The zero-order valence-electron chi connectivity index (χ0n) is 15.2. The van der Waals surface area contributed by atoms with Gasteiger partial charge in [0.1, 0.15) is 6.29 Å². The van der Waals surface area contributed by atoms with Crippen molar-refractivity contribution in [3.05, 3.63) is 22.8 Å². The Morgan fingerprint density at radius 2 is 1.75 bits per heavy atom. The molecule has 0 spiro atoms. The minimum absolute atomic E-state index is 0.0267. The van der Waals surface area contributed by atoms with Crippen LogP contribution in [0.3, 0.4) is 0 Å². The van der Waals surface area contributed by atoms with Crippen LogP contribution in [0.4, 0.5) is 0 Å². The lowest BCUT2D eigenvalue weighted by Gasteiger charge is -2.49. The van der Waals surface area contributed by atoms with Crippen molar-refractivity contribution in [2.45, 2.75) is 65.2 Å². The van der Waals surface area contributed by atoms with E-state index < -0.39 is 5.41 Å². The molecule has 1 fully saturated rings. The van der Waals surface area contributed by atoms with Crippen molar-refractivity contribution >= 4 is 12.6 Å². The van der Waals surface area contributed by atoms with Gasteiger partial charge in [-0.2, -0.15) is 0 Å². The van der Waals surface area contributed by atoms with E-state index in [9.17, 15) is 19.8 Å². The smallest absolute Gasteiger partial charge is 0.162 e. The van der Waals surface area contributed by atoms with Crippen LogP contribution in [-0.4, -0.2) is 22.8 Å². The molecule has 24 heavy (non-hydrogen) atoms. The standard InChI is InChI=1S/C20H28O4/c1-12(2)14-9-13(10-21)16(18(24)17(14)23)20(5)8-6-7-19(3,4)15(20)11-22/h9-12,15,23-24H,6-8H2,1-5H3. The molecule has 1 saturated carbocycles. The summed E-state index contributed by atoms with van der Waals surface area (Å²) in [6.07, 6.45) is 4.17. The molecule has 0 heterocycles. The van der Waals surface area contributed by atoms with E-state index in [4.69, 9.17) is 0 Å². The fraction of sp³-hybridized carbons (Fsp3) is 0.600. The highest BCUT2D eigenvalue weighted by molar-refractivity contribution is 5.82. The van der Waals surface area contributed by atoms with E-state index in [0.29, 0.717) is 23.1 Å². The number of aldehydes is 2. The predicted octanol–water partition coefficient (Wildman–Crippen LogP) is 4.32. The normalized spacial score (nSPS) is 26.3. The first-order valence-corrected chi connectivity index (χ1v) is 8.60. The molecule has 0 aromatic heterocycles. The maximum Gasteiger partial charge on any atom is 0.162 e. The molecular weight excluding hydrogens is 304 g/mol. The number of carbonyl (C=O) groups is 2. The Labute approximate surface area is 143 Å². The molecule has 2 rings (SSSR count). The Bertz CT molecular complexity index is 660. The minimum Gasteiger partial charge on any atom is -0.504 e. The molecule has 1 aromatic carbocycles. The van der Waals surface area contributed by atoms with E-state index in [0.717, 1.165) is 25.4 Å². The second-order valence-electron chi connectivity index (χ2n) is 8.27. The number of hydrogen-bond donors (Lipinski definition) is 2.